The topological polar surface area (TPSA) is 107 Å². The van der Waals surface area contributed by atoms with Gasteiger partial charge < -0.3 is 27.1 Å². The molecule has 0 saturated carbocycles. The average molecular weight is 646 g/mol. The molecule has 3 atom stereocenters. The maximum atomic E-state index is 11.7. The fourth-order valence-corrected chi connectivity index (χ4v) is 7.06. The molecule has 3 aliphatic rings. The SMILES string of the molecule is CP1OC(=O)c2cc3ccccc3cc2O1.CP1OC(=O)c2ccc3ccccc3c2O1.CP1OC(=O)c2ccccc2O1. The minimum atomic E-state index is -1.14. The summed E-state index contributed by atoms with van der Waals surface area (Å²) in [7, 11) is -3.33. The summed E-state index contributed by atoms with van der Waals surface area (Å²) in [4.78, 5) is 34.5. The Kier molecular flexibility index (Phi) is 8.63. The van der Waals surface area contributed by atoms with Crippen LogP contribution in [0.1, 0.15) is 31.1 Å². The second kappa shape index (κ2) is 12.8. The highest BCUT2D eigenvalue weighted by atomic mass is 31.2. The summed E-state index contributed by atoms with van der Waals surface area (Å²) in [6.07, 6.45) is 0. The molecule has 9 nitrogen and oxygen atoms in total. The van der Waals surface area contributed by atoms with Crippen LogP contribution in [-0.4, -0.2) is 37.9 Å². The van der Waals surface area contributed by atoms with E-state index in [1.165, 1.54) is 0 Å². The molecule has 3 heterocycles. The smallest absolute Gasteiger partial charge is 0.347 e. The van der Waals surface area contributed by atoms with Crippen molar-refractivity contribution in [2.45, 2.75) is 0 Å². The lowest BCUT2D eigenvalue weighted by molar-refractivity contribution is 0.0712. The Morgan fingerprint density at radius 3 is 1.68 bits per heavy atom. The Balaban J connectivity index is 0.000000118. The summed E-state index contributed by atoms with van der Waals surface area (Å²) >= 11 is 0. The highest BCUT2D eigenvalue weighted by Gasteiger charge is 2.28. The molecule has 0 bridgehead atoms. The largest absolute Gasteiger partial charge is 0.438 e. The van der Waals surface area contributed by atoms with E-state index in [0.717, 1.165) is 21.5 Å². The molecule has 44 heavy (non-hydrogen) atoms. The average Bonchev–Trinajstić information content (AvgIpc) is 3.01. The lowest BCUT2D eigenvalue weighted by atomic mass is 10.1. The van der Waals surface area contributed by atoms with E-state index in [0.29, 0.717) is 33.9 Å². The Bertz CT molecular complexity index is 1890. The van der Waals surface area contributed by atoms with Gasteiger partial charge in [0.05, 0.1) is 0 Å². The normalized spacial score (nSPS) is 19.3. The van der Waals surface area contributed by atoms with Gasteiger partial charge in [0.1, 0.15) is 33.9 Å². The van der Waals surface area contributed by atoms with Crippen LogP contribution >= 0.6 is 25.1 Å². The van der Waals surface area contributed by atoms with E-state index in [9.17, 15) is 14.4 Å². The predicted molar refractivity (Wildman–Crippen MR) is 171 cm³/mol. The molecule has 5 aromatic carbocycles. The van der Waals surface area contributed by atoms with E-state index >= 15 is 0 Å². The van der Waals surface area contributed by atoms with Crippen LogP contribution in [0.4, 0.5) is 0 Å². The zero-order chi connectivity index (χ0) is 30.8. The Morgan fingerprint density at radius 2 is 0.955 bits per heavy atom. The lowest BCUT2D eigenvalue weighted by Crippen LogP contribution is -2.11. The van der Waals surface area contributed by atoms with Gasteiger partial charge in [-0.05, 0) is 46.5 Å². The minimum absolute atomic E-state index is 0.287. The number of para-hydroxylation sites is 1. The van der Waals surface area contributed by atoms with Gasteiger partial charge in [-0.2, -0.15) is 0 Å². The summed E-state index contributed by atoms with van der Waals surface area (Å²) < 4.78 is 31.5. The van der Waals surface area contributed by atoms with Crippen molar-refractivity contribution in [1.82, 2.24) is 0 Å². The molecule has 222 valence electrons. The number of carbonyl (C=O) groups excluding carboxylic acids is 3. The molecule has 0 aliphatic carbocycles. The molecule has 3 unspecified atom stereocenters. The number of rotatable bonds is 0. The quantitative estimate of drug-likeness (QED) is 0.153. The molecule has 0 aromatic heterocycles. The van der Waals surface area contributed by atoms with Crippen LogP contribution in [0, 0.1) is 0 Å². The Hall–Kier alpha value is -4.28. The summed E-state index contributed by atoms with van der Waals surface area (Å²) in [6, 6.07) is 30.2. The second-order valence-electron chi connectivity index (χ2n) is 9.58. The molecule has 0 spiro atoms. The standard InChI is InChI=1S/2C12H9O3P.C8H7O3P/c1-16-14-11-7-9-5-3-2-4-8(9)6-10(11)12(13)15-16;1-16-14-11-9-5-3-2-4-8(9)6-7-10(11)12(13)15-16;1-12-10-7-5-3-2-4-6(7)8(9)11-12/h2*2-7H,1H3;2-5H,1H3. The van der Waals surface area contributed by atoms with E-state index in [-0.39, 0.29) is 17.9 Å². The lowest BCUT2D eigenvalue weighted by Gasteiger charge is -2.22. The molecular formula is C32H25O9P3. The molecule has 5 aromatic rings. The van der Waals surface area contributed by atoms with Crippen LogP contribution < -0.4 is 13.6 Å². The fraction of sp³-hybridized carbons (Fsp3) is 0.0938. The summed E-state index contributed by atoms with van der Waals surface area (Å²) in [6.45, 7) is 5.30. The van der Waals surface area contributed by atoms with E-state index in [4.69, 9.17) is 27.1 Å². The van der Waals surface area contributed by atoms with Crippen LogP contribution in [0.2, 0.25) is 0 Å². The van der Waals surface area contributed by atoms with Gasteiger partial charge in [-0.15, -0.1) is 0 Å². The van der Waals surface area contributed by atoms with Gasteiger partial charge in [-0.1, -0.05) is 66.7 Å². The van der Waals surface area contributed by atoms with E-state index in [1.807, 2.05) is 72.8 Å². The van der Waals surface area contributed by atoms with Crippen molar-refractivity contribution in [3.8, 4) is 17.2 Å². The Labute approximate surface area is 256 Å². The van der Waals surface area contributed by atoms with E-state index in [2.05, 4.69) is 0 Å². The highest BCUT2D eigenvalue weighted by molar-refractivity contribution is 7.48. The molecule has 8 rings (SSSR count). The van der Waals surface area contributed by atoms with Gasteiger partial charge in [-0.3, -0.25) is 0 Å². The third-order valence-corrected chi connectivity index (χ3v) is 9.20. The first-order valence-corrected chi connectivity index (χ1v) is 18.2. The predicted octanol–water partition coefficient (Wildman–Crippen LogP) is 8.84. The number of hydrogen-bond acceptors (Lipinski definition) is 9. The first-order valence-electron chi connectivity index (χ1n) is 13.3. The van der Waals surface area contributed by atoms with Crippen molar-refractivity contribution in [2.24, 2.45) is 0 Å². The third-order valence-electron chi connectivity index (χ3n) is 6.58. The van der Waals surface area contributed by atoms with Crippen molar-refractivity contribution in [3.05, 3.63) is 114 Å². The number of carbonyl (C=O) groups is 3. The maximum Gasteiger partial charge on any atom is 0.347 e. The van der Waals surface area contributed by atoms with Crippen molar-refractivity contribution >= 4 is 64.6 Å². The zero-order valence-corrected chi connectivity index (χ0v) is 26.4. The van der Waals surface area contributed by atoms with Crippen molar-refractivity contribution in [1.29, 1.82) is 0 Å². The van der Waals surface area contributed by atoms with Gasteiger partial charge in [0.15, 0.2) is 0 Å². The van der Waals surface area contributed by atoms with Gasteiger partial charge in [-0.25, -0.2) is 14.4 Å². The Morgan fingerprint density at radius 1 is 0.432 bits per heavy atom. The molecule has 0 amide bonds. The van der Waals surface area contributed by atoms with Crippen LogP contribution in [-0.2, 0) is 13.6 Å². The number of fused-ring (bicyclic) bond motifs is 6. The van der Waals surface area contributed by atoms with E-state index in [1.54, 1.807) is 44.3 Å². The van der Waals surface area contributed by atoms with Crippen LogP contribution in [0.5, 0.6) is 17.2 Å². The summed E-state index contributed by atoms with van der Waals surface area (Å²) in [5.41, 5.74) is 1.54. The molecule has 0 saturated heterocycles. The molecule has 0 fully saturated rings. The van der Waals surface area contributed by atoms with Crippen LogP contribution in [0.3, 0.4) is 0 Å². The van der Waals surface area contributed by atoms with Gasteiger partial charge in [0, 0.05) is 25.4 Å². The molecular weight excluding hydrogens is 621 g/mol. The zero-order valence-electron chi connectivity index (χ0n) is 23.8. The van der Waals surface area contributed by atoms with Crippen molar-refractivity contribution in [2.75, 3.05) is 20.0 Å². The molecule has 0 N–H and O–H groups in total. The van der Waals surface area contributed by atoms with Gasteiger partial charge in [0.2, 0.25) is 0 Å². The highest BCUT2D eigenvalue weighted by Crippen LogP contribution is 2.47. The van der Waals surface area contributed by atoms with Crippen LogP contribution in [0.15, 0.2) is 97.1 Å². The second-order valence-corrected chi connectivity index (χ2v) is 13.3. The molecule has 3 aliphatic heterocycles. The number of hydrogen-bond donors (Lipinski definition) is 0. The number of benzene rings is 5. The fourth-order valence-electron chi connectivity index (χ4n) is 4.63. The van der Waals surface area contributed by atoms with Gasteiger partial charge in [0.25, 0.3) is 25.1 Å². The first kappa shape index (κ1) is 29.8. The maximum absolute atomic E-state index is 11.7. The molecule has 12 heteroatoms. The summed E-state index contributed by atoms with van der Waals surface area (Å²) in [5.74, 6) is 1.04. The van der Waals surface area contributed by atoms with Crippen molar-refractivity contribution < 1.29 is 41.5 Å². The van der Waals surface area contributed by atoms with Gasteiger partial charge >= 0.3 is 17.9 Å². The minimum Gasteiger partial charge on any atom is -0.438 e. The monoisotopic (exact) mass is 646 g/mol. The third kappa shape index (κ3) is 6.32. The molecule has 0 radical (unpaired) electrons. The van der Waals surface area contributed by atoms with Crippen LogP contribution in [0.25, 0.3) is 21.5 Å². The van der Waals surface area contributed by atoms with Crippen molar-refractivity contribution in [3.63, 3.8) is 0 Å². The summed E-state index contributed by atoms with van der Waals surface area (Å²) in [5, 5.41) is 4.12. The first-order chi connectivity index (χ1) is 21.3. The van der Waals surface area contributed by atoms with E-state index < -0.39 is 25.1 Å².